The van der Waals surface area contributed by atoms with Crippen LogP contribution in [0.25, 0.3) is 0 Å². The van der Waals surface area contributed by atoms with Gasteiger partial charge in [0.2, 0.25) is 0 Å². The van der Waals surface area contributed by atoms with Gasteiger partial charge in [-0.3, -0.25) is 0 Å². The van der Waals surface area contributed by atoms with Crippen molar-refractivity contribution in [1.82, 2.24) is 0 Å². The lowest BCUT2D eigenvalue weighted by molar-refractivity contribution is 0.0892. The Morgan fingerprint density at radius 1 is 0.917 bits per heavy atom. The summed E-state index contributed by atoms with van der Waals surface area (Å²) < 4.78 is 0. The third kappa shape index (κ3) is 1.53. The highest BCUT2D eigenvalue weighted by Gasteiger charge is 2.34. The lowest BCUT2D eigenvalue weighted by Gasteiger charge is -2.42. The number of fused-ring (bicyclic) bond motifs is 1. The smallest absolute Gasteiger partial charge is 0.0360 e. The van der Waals surface area contributed by atoms with Crippen LogP contribution in [0.2, 0.25) is 0 Å². The first kappa shape index (κ1) is 8.59. The highest BCUT2D eigenvalue weighted by molar-refractivity contribution is 4.85. The van der Waals surface area contributed by atoms with Gasteiger partial charge in [-0.1, -0.05) is 39.5 Å². The molecule has 0 spiro atoms. The van der Waals surface area contributed by atoms with Crippen molar-refractivity contribution < 1.29 is 0 Å². The maximum Gasteiger partial charge on any atom is -0.0360 e. The van der Waals surface area contributed by atoms with Gasteiger partial charge < -0.3 is 0 Å². The fourth-order valence-corrected chi connectivity index (χ4v) is 3.52. The molecule has 0 aromatic carbocycles. The zero-order valence-corrected chi connectivity index (χ0v) is 8.55. The first-order valence-corrected chi connectivity index (χ1v) is 5.77. The molecule has 2 rings (SSSR count). The molecule has 0 aromatic heterocycles. The minimum atomic E-state index is 1.02. The van der Waals surface area contributed by atoms with E-state index in [0.717, 1.165) is 23.7 Å². The Labute approximate surface area is 76.7 Å². The fourth-order valence-electron chi connectivity index (χ4n) is 3.52. The summed E-state index contributed by atoms with van der Waals surface area (Å²) in [5.41, 5.74) is 0. The average molecular weight is 166 g/mol. The molecule has 12 heavy (non-hydrogen) atoms. The van der Waals surface area contributed by atoms with Crippen molar-refractivity contribution in [2.75, 3.05) is 0 Å². The van der Waals surface area contributed by atoms with E-state index in [1.165, 1.54) is 32.1 Å². The maximum absolute atomic E-state index is 2.48. The van der Waals surface area contributed by atoms with Crippen molar-refractivity contribution in [2.24, 2.45) is 23.7 Å². The Bertz CT molecular complexity index is 150. The van der Waals surface area contributed by atoms with Crippen LogP contribution in [-0.4, -0.2) is 0 Å². The minimum absolute atomic E-state index is 1.02. The van der Waals surface area contributed by atoms with E-state index in [-0.39, 0.29) is 0 Å². The average Bonchev–Trinajstić information content (AvgIpc) is 2.04. The van der Waals surface area contributed by atoms with Crippen LogP contribution >= 0.6 is 0 Å². The molecule has 0 aromatic rings. The van der Waals surface area contributed by atoms with Gasteiger partial charge in [-0.15, -0.1) is 0 Å². The topological polar surface area (TPSA) is 0 Å². The second kappa shape index (κ2) is 3.40. The molecule has 2 aliphatic rings. The summed E-state index contributed by atoms with van der Waals surface area (Å²) in [5.74, 6) is 4.28. The summed E-state index contributed by atoms with van der Waals surface area (Å²) in [6.07, 6.45) is 9.14. The number of hydrogen-bond donors (Lipinski definition) is 0. The van der Waals surface area contributed by atoms with E-state index >= 15 is 0 Å². The standard InChI is InChI=1S/C12H22/c1-9-6-7-12-10(2)4-3-5-11(12)8-9/h9-12H,3-8H2,1-2H3/t9-,10+,11-,12+/m0/s1. The van der Waals surface area contributed by atoms with Crippen LogP contribution in [0.15, 0.2) is 0 Å². The summed E-state index contributed by atoms with van der Waals surface area (Å²) in [5, 5.41) is 0. The van der Waals surface area contributed by atoms with Gasteiger partial charge in [-0.05, 0) is 36.5 Å². The third-order valence-electron chi connectivity index (χ3n) is 4.27. The van der Waals surface area contributed by atoms with Gasteiger partial charge in [0.05, 0.1) is 0 Å². The lowest BCUT2D eigenvalue weighted by Crippen LogP contribution is -2.31. The molecular weight excluding hydrogens is 144 g/mol. The van der Waals surface area contributed by atoms with E-state index in [1.807, 2.05) is 0 Å². The molecule has 0 bridgehead atoms. The Kier molecular flexibility index (Phi) is 2.43. The quantitative estimate of drug-likeness (QED) is 0.512. The Morgan fingerprint density at radius 3 is 2.58 bits per heavy atom. The molecule has 0 saturated heterocycles. The summed E-state index contributed by atoms with van der Waals surface area (Å²) in [6.45, 7) is 4.92. The van der Waals surface area contributed by atoms with Gasteiger partial charge in [-0.2, -0.15) is 0 Å². The van der Waals surface area contributed by atoms with Crippen molar-refractivity contribution in [3.63, 3.8) is 0 Å². The Balaban J connectivity index is 1.99. The summed E-state index contributed by atoms with van der Waals surface area (Å²) in [6, 6.07) is 0. The van der Waals surface area contributed by atoms with E-state index in [9.17, 15) is 0 Å². The first-order chi connectivity index (χ1) is 5.77. The van der Waals surface area contributed by atoms with Gasteiger partial charge in [0.25, 0.3) is 0 Å². The second-order valence-electron chi connectivity index (χ2n) is 5.25. The summed E-state index contributed by atoms with van der Waals surface area (Å²) in [7, 11) is 0. The molecule has 2 aliphatic carbocycles. The highest BCUT2D eigenvalue weighted by atomic mass is 14.4. The normalized spacial score (nSPS) is 48.5. The molecule has 0 heteroatoms. The third-order valence-corrected chi connectivity index (χ3v) is 4.27. The minimum Gasteiger partial charge on any atom is -0.0625 e. The van der Waals surface area contributed by atoms with Crippen LogP contribution in [0.1, 0.15) is 52.4 Å². The van der Waals surface area contributed by atoms with Crippen LogP contribution in [0, 0.1) is 23.7 Å². The van der Waals surface area contributed by atoms with Crippen LogP contribution in [0.5, 0.6) is 0 Å². The molecule has 0 nitrogen and oxygen atoms in total. The van der Waals surface area contributed by atoms with E-state index in [0.29, 0.717) is 0 Å². The zero-order valence-electron chi connectivity index (χ0n) is 8.55. The highest BCUT2D eigenvalue weighted by Crippen LogP contribution is 2.45. The van der Waals surface area contributed by atoms with Crippen molar-refractivity contribution in [3.05, 3.63) is 0 Å². The van der Waals surface area contributed by atoms with Crippen LogP contribution in [0.3, 0.4) is 0 Å². The van der Waals surface area contributed by atoms with E-state index in [2.05, 4.69) is 13.8 Å². The maximum atomic E-state index is 2.48. The molecular formula is C12H22. The molecule has 4 atom stereocenters. The predicted octanol–water partition coefficient (Wildman–Crippen LogP) is 3.86. The molecule has 0 unspecified atom stereocenters. The van der Waals surface area contributed by atoms with Crippen molar-refractivity contribution in [3.8, 4) is 0 Å². The Morgan fingerprint density at radius 2 is 1.75 bits per heavy atom. The van der Waals surface area contributed by atoms with Gasteiger partial charge in [0, 0.05) is 0 Å². The van der Waals surface area contributed by atoms with Crippen molar-refractivity contribution >= 4 is 0 Å². The molecule has 0 amide bonds. The summed E-state index contributed by atoms with van der Waals surface area (Å²) in [4.78, 5) is 0. The molecule has 0 N–H and O–H groups in total. The molecule has 0 aliphatic heterocycles. The van der Waals surface area contributed by atoms with Gasteiger partial charge in [0.15, 0.2) is 0 Å². The summed E-state index contributed by atoms with van der Waals surface area (Å²) >= 11 is 0. The van der Waals surface area contributed by atoms with Crippen LogP contribution in [0.4, 0.5) is 0 Å². The first-order valence-electron chi connectivity index (χ1n) is 5.77. The van der Waals surface area contributed by atoms with Crippen molar-refractivity contribution in [1.29, 1.82) is 0 Å². The monoisotopic (exact) mass is 166 g/mol. The fraction of sp³-hybridized carbons (Fsp3) is 1.00. The number of rotatable bonds is 0. The molecule has 2 fully saturated rings. The van der Waals surface area contributed by atoms with Crippen LogP contribution < -0.4 is 0 Å². The lowest BCUT2D eigenvalue weighted by atomic mass is 9.64. The van der Waals surface area contributed by atoms with Gasteiger partial charge in [-0.25, -0.2) is 0 Å². The van der Waals surface area contributed by atoms with E-state index in [4.69, 9.17) is 0 Å². The molecule has 70 valence electrons. The van der Waals surface area contributed by atoms with Crippen LogP contribution in [-0.2, 0) is 0 Å². The van der Waals surface area contributed by atoms with E-state index < -0.39 is 0 Å². The Hall–Kier alpha value is 0. The van der Waals surface area contributed by atoms with Gasteiger partial charge in [0.1, 0.15) is 0 Å². The SMILES string of the molecule is C[C@H]1CC[C@H]2[C@@H](CCC[C@H]2C)C1. The predicted molar refractivity (Wildman–Crippen MR) is 53.0 cm³/mol. The molecule has 2 saturated carbocycles. The van der Waals surface area contributed by atoms with Crippen molar-refractivity contribution in [2.45, 2.75) is 52.4 Å². The second-order valence-corrected chi connectivity index (χ2v) is 5.25. The number of hydrogen-bond acceptors (Lipinski definition) is 0. The van der Waals surface area contributed by atoms with Gasteiger partial charge >= 0.3 is 0 Å². The molecule has 0 radical (unpaired) electrons. The van der Waals surface area contributed by atoms with E-state index in [1.54, 1.807) is 6.42 Å². The largest absolute Gasteiger partial charge is 0.0625 e. The molecule has 0 heterocycles. The zero-order chi connectivity index (χ0) is 8.55.